The standard InChI is InChI=1S/C14H20N2O/c1-3-4-7-10-16-13-9-6-5-8-12(13)15(2)11-14(16)17/h5-6,8-9H,3-4,7,10-11H2,1-2H3. The first-order chi connectivity index (χ1) is 8.24. The molecule has 17 heavy (non-hydrogen) atoms. The summed E-state index contributed by atoms with van der Waals surface area (Å²) in [5, 5.41) is 0. The summed E-state index contributed by atoms with van der Waals surface area (Å²) in [5.74, 6) is 0.210. The highest BCUT2D eigenvalue weighted by atomic mass is 16.2. The maximum Gasteiger partial charge on any atom is 0.246 e. The lowest BCUT2D eigenvalue weighted by Crippen LogP contribution is -2.44. The van der Waals surface area contributed by atoms with E-state index >= 15 is 0 Å². The topological polar surface area (TPSA) is 23.6 Å². The predicted molar refractivity (Wildman–Crippen MR) is 71.6 cm³/mol. The predicted octanol–water partition coefficient (Wildman–Crippen LogP) is 2.66. The van der Waals surface area contributed by atoms with Crippen LogP contribution in [0.25, 0.3) is 0 Å². The summed E-state index contributed by atoms with van der Waals surface area (Å²) in [6.07, 6.45) is 3.45. The van der Waals surface area contributed by atoms with E-state index in [2.05, 4.69) is 13.0 Å². The molecule has 2 rings (SSSR count). The van der Waals surface area contributed by atoms with Crippen molar-refractivity contribution < 1.29 is 4.79 Å². The van der Waals surface area contributed by atoms with E-state index < -0.39 is 0 Å². The van der Waals surface area contributed by atoms with Crippen LogP contribution in [0.15, 0.2) is 24.3 Å². The summed E-state index contributed by atoms with van der Waals surface area (Å²) in [7, 11) is 1.97. The Bertz CT molecular complexity index is 403. The third kappa shape index (κ3) is 2.43. The number of para-hydroxylation sites is 2. The molecule has 0 unspecified atom stereocenters. The average Bonchev–Trinajstić information content (AvgIpc) is 2.33. The molecule has 1 aromatic rings. The summed E-state index contributed by atoms with van der Waals surface area (Å²) in [5.41, 5.74) is 2.21. The number of likely N-dealkylation sites (N-methyl/N-ethyl adjacent to an activating group) is 1. The van der Waals surface area contributed by atoms with Gasteiger partial charge >= 0.3 is 0 Å². The highest BCUT2D eigenvalue weighted by molar-refractivity contribution is 6.03. The van der Waals surface area contributed by atoms with Crippen LogP contribution in [0.3, 0.4) is 0 Å². The van der Waals surface area contributed by atoms with Crippen molar-refractivity contribution in [2.24, 2.45) is 0 Å². The second-order valence-electron chi connectivity index (χ2n) is 4.60. The van der Waals surface area contributed by atoms with Crippen LogP contribution in [0, 0.1) is 0 Å². The Labute approximate surface area is 103 Å². The Morgan fingerprint density at radius 2 is 1.88 bits per heavy atom. The first-order valence-electron chi connectivity index (χ1n) is 6.34. The number of nitrogens with zero attached hydrogens (tertiary/aromatic N) is 2. The number of benzene rings is 1. The largest absolute Gasteiger partial charge is 0.364 e. The molecule has 92 valence electrons. The van der Waals surface area contributed by atoms with Crippen LogP contribution in [-0.4, -0.2) is 26.0 Å². The van der Waals surface area contributed by atoms with Crippen LogP contribution in [0.4, 0.5) is 11.4 Å². The minimum atomic E-state index is 0.210. The molecule has 0 N–H and O–H groups in total. The van der Waals surface area contributed by atoms with E-state index in [9.17, 15) is 4.79 Å². The van der Waals surface area contributed by atoms with E-state index in [4.69, 9.17) is 0 Å². The second kappa shape index (κ2) is 5.21. The van der Waals surface area contributed by atoms with E-state index in [1.54, 1.807) is 0 Å². The molecule has 0 bridgehead atoms. The van der Waals surface area contributed by atoms with Crippen LogP contribution in [0.2, 0.25) is 0 Å². The lowest BCUT2D eigenvalue weighted by Gasteiger charge is -2.35. The SMILES string of the molecule is CCCCCN1C(=O)CN(C)c2ccccc21. The van der Waals surface area contributed by atoms with Gasteiger partial charge in [-0.2, -0.15) is 0 Å². The lowest BCUT2D eigenvalue weighted by molar-refractivity contribution is -0.117. The maximum absolute atomic E-state index is 12.0. The summed E-state index contributed by atoms with van der Waals surface area (Å²) < 4.78 is 0. The van der Waals surface area contributed by atoms with Crippen molar-refractivity contribution in [1.29, 1.82) is 0 Å². The van der Waals surface area contributed by atoms with Gasteiger partial charge in [-0.25, -0.2) is 0 Å². The first kappa shape index (κ1) is 12.0. The Kier molecular flexibility index (Phi) is 3.67. The van der Waals surface area contributed by atoms with Gasteiger partial charge in [-0.1, -0.05) is 31.9 Å². The van der Waals surface area contributed by atoms with Gasteiger partial charge in [0.2, 0.25) is 5.91 Å². The summed E-state index contributed by atoms with van der Waals surface area (Å²) in [6.45, 7) is 3.51. The molecule has 3 heteroatoms. The van der Waals surface area contributed by atoms with Crippen LogP contribution in [0.5, 0.6) is 0 Å². The molecule has 0 saturated heterocycles. The third-order valence-electron chi connectivity index (χ3n) is 3.24. The van der Waals surface area contributed by atoms with E-state index in [-0.39, 0.29) is 5.91 Å². The molecule has 1 heterocycles. The van der Waals surface area contributed by atoms with Gasteiger partial charge in [0.15, 0.2) is 0 Å². The van der Waals surface area contributed by atoms with Crippen molar-refractivity contribution in [1.82, 2.24) is 0 Å². The summed E-state index contributed by atoms with van der Waals surface area (Å²) in [4.78, 5) is 16.0. The number of fused-ring (bicyclic) bond motifs is 1. The number of unbranched alkanes of at least 4 members (excludes halogenated alkanes) is 2. The molecule has 0 saturated carbocycles. The fraction of sp³-hybridized carbons (Fsp3) is 0.500. The van der Waals surface area contributed by atoms with Crippen molar-refractivity contribution in [3.8, 4) is 0 Å². The molecule has 1 amide bonds. The zero-order valence-corrected chi connectivity index (χ0v) is 10.6. The van der Waals surface area contributed by atoms with Crippen LogP contribution in [0.1, 0.15) is 26.2 Å². The molecule has 3 nitrogen and oxygen atoms in total. The molecule has 0 aromatic heterocycles. The first-order valence-corrected chi connectivity index (χ1v) is 6.34. The molecule has 0 radical (unpaired) electrons. The molecule has 0 fully saturated rings. The van der Waals surface area contributed by atoms with Gasteiger partial charge in [-0.05, 0) is 18.6 Å². The van der Waals surface area contributed by atoms with Crippen molar-refractivity contribution in [3.63, 3.8) is 0 Å². The number of carbonyl (C=O) groups is 1. The van der Waals surface area contributed by atoms with Gasteiger partial charge in [0.1, 0.15) is 0 Å². The minimum absolute atomic E-state index is 0.210. The Morgan fingerprint density at radius 1 is 1.18 bits per heavy atom. The third-order valence-corrected chi connectivity index (χ3v) is 3.24. The van der Waals surface area contributed by atoms with Gasteiger partial charge in [0.25, 0.3) is 0 Å². The highest BCUT2D eigenvalue weighted by Gasteiger charge is 2.26. The quantitative estimate of drug-likeness (QED) is 0.745. The molecule has 0 atom stereocenters. The fourth-order valence-corrected chi connectivity index (χ4v) is 2.29. The fourth-order valence-electron chi connectivity index (χ4n) is 2.29. The van der Waals surface area contributed by atoms with Crippen molar-refractivity contribution in [3.05, 3.63) is 24.3 Å². The van der Waals surface area contributed by atoms with Crippen molar-refractivity contribution in [2.75, 3.05) is 29.9 Å². The van der Waals surface area contributed by atoms with Crippen molar-refractivity contribution >= 4 is 17.3 Å². The monoisotopic (exact) mass is 232 g/mol. The number of anilines is 2. The molecule has 1 aromatic carbocycles. The summed E-state index contributed by atoms with van der Waals surface area (Å²) in [6, 6.07) is 8.14. The van der Waals surface area contributed by atoms with Gasteiger partial charge in [-0.15, -0.1) is 0 Å². The average molecular weight is 232 g/mol. The van der Waals surface area contributed by atoms with E-state index in [0.29, 0.717) is 6.54 Å². The number of hydrogen-bond donors (Lipinski definition) is 0. The minimum Gasteiger partial charge on any atom is -0.364 e. The highest BCUT2D eigenvalue weighted by Crippen LogP contribution is 2.32. The Morgan fingerprint density at radius 3 is 2.59 bits per heavy atom. The zero-order valence-electron chi connectivity index (χ0n) is 10.6. The molecule has 1 aliphatic rings. The van der Waals surface area contributed by atoms with Gasteiger partial charge in [0.05, 0.1) is 17.9 Å². The molecule has 1 aliphatic heterocycles. The van der Waals surface area contributed by atoms with Crippen LogP contribution in [-0.2, 0) is 4.79 Å². The summed E-state index contributed by atoms with van der Waals surface area (Å²) >= 11 is 0. The van der Waals surface area contributed by atoms with E-state index in [1.165, 1.54) is 12.8 Å². The Balaban J connectivity index is 2.20. The van der Waals surface area contributed by atoms with E-state index in [0.717, 1.165) is 24.3 Å². The molecule has 0 spiro atoms. The molecular formula is C14H20N2O. The smallest absolute Gasteiger partial charge is 0.246 e. The van der Waals surface area contributed by atoms with Gasteiger partial charge < -0.3 is 9.80 Å². The Hall–Kier alpha value is -1.51. The molecule has 0 aliphatic carbocycles. The van der Waals surface area contributed by atoms with E-state index in [1.807, 2.05) is 35.0 Å². The van der Waals surface area contributed by atoms with Crippen LogP contribution >= 0.6 is 0 Å². The normalized spacial score (nSPS) is 15.1. The van der Waals surface area contributed by atoms with Gasteiger partial charge in [-0.3, -0.25) is 4.79 Å². The zero-order chi connectivity index (χ0) is 12.3. The van der Waals surface area contributed by atoms with Crippen LogP contribution < -0.4 is 9.80 Å². The number of hydrogen-bond acceptors (Lipinski definition) is 2. The maximum atomic E-state index is 12.0. The lowest BCUT2D eigenvalue weighted by atomic mass is 10.1. The number of carbonyl (C=O) groups excluding carboxylic acids is 1. The second-order valence-corrected chi connectivity index (χ2v) is 4.60. The number of rotatable bonds is 4. The van der Waals surface area contributed by atoms with Gasteiger partial charge in [0, 0.05) is 13.6 Å². The number of amides is 1. The van der Waals surface area contributed by atoms with Crippen molar-refractivity contribution in [2.45, 2.75) is 26.2 Å². The molecular weight excluding hydrogens is 212 g/mol.